The first-order valence-electron chi connectivity index (χ1n) is 6.30. The Morgan fingerprint density at radius 2 is 2.00 bits per heavy atom. The van der Waals surface area contributed by atoms with E-state index in [1.165, 1.54) is 10.9 Å². The van der Waals surface area contributed by atoms with E-state index < -0.39 is 18.1 Å². The lowest BCUT2D eigenvalue weighted by atomic mass is 10.1. The van der Waals surface area contributed by atoms with Crippen LogP contribution in [0.25, 0.3) is 0 Å². The first-order chi connectivity index (χ1) is 9.79. The van der Waals surface area contributed by atoms with Crippen LogP contribution in [0.3, 0.4) is 0 Å². The highest BCUT2D eigenvalue weighted by Crippen LogP contribution is 2.25. The highest BCUT2D eigenvalue weighted by Gasteiger charge is 2.42. The normalized spacial score (nSPS) is 20.1. The monoisotopic (exact) mass is 306 g/mol. The smallest absolute Gasteiger partial charge is 0.471 e. The molecule has 0 aliphatic carbocycles. The van der Waals surface area contributed by atoms with Gasteiger partial charge in [-0.15, -0.1) is 5.10 Å². The molecule has 1 atom stereocenters. The molecule has 1 aliphatic heterocycles. The molecule has 21 heavy (non-hydrogen) atoms. The van der Waals surface area contributed by atoms with Crippen LogP contribution in [0.4, 0.5) is 13.2 Å². The van der Waals surface area contributed by atoms with E-state index in [9.17, 15) is 22.8 Å². The molecular weight excluding hydrogens is 293 g/mol. The Balaban J connectivity index is 2.03. The van der Waals surface area contributed by atoms with Gasteiger partial charge in [-0.2, -0.15) is 13.2 Å². The third kappa shape index (κ3) is 3.50. The number of halogens is 3. The number of carbonyl (C=O) groups excluding carboxylic acids is 1. The Labute approximate surface area is 117 Å². The van der Waals surface area contributed by atoms with Gasteiger partial charge in [-0.05, 0) is 19.3 Å². The maximum atomic E-state index is 12.4. The second kappa shape index (κ2) is 5.70. The van der Waals surface area contributed by atoms with Gasteiger partial charge in [0.2, 0.25) is 0 Å². The number of rotatable bonds is 2. The number of hydrogen-bond acceptors (Lipinski definition) is 4. The topological polar surface area (TPSA) is 88.3 Å². The maximum Gasteiger partial charge on any atom is 0.471 e. The molecule has 0 saturated carbocycles. The molecule has 116 valence electrons. The number of nitrogens with zero attached hydrogens (tertiary/aromatic N) is 4. The van der Waals surface area contributed by atoms with Gasteiger partial charge in [0.25, 0.3) is 0 Å². The molecule has 0 aromatic carbocycles. The van der Waals surface area contributed by atoms with Crippen molar-refractivity contribution in [1.29, 1.82) is 0 Å². The summed E-state index contributed by atoms with van der Waals surface area (Å²) >= 11 is 0. The number of carbonyl (C=O) groups is 2. The molecule has 1 aromatic heterocycles. The zero-order chi connectivity index (χ0) is 15.6. The van der Waals surface area contributed by atoms with Crippen molar-refractivity contribution in [1.82, 2.24) is 19.9 Å². The quantitative estimate of drug-likeness (QED) is 0.883. The Kier molecular flexibility index (Phi) is 4.14. The summed E-state index contributed by atoms with van der Waals surface area (Å²) in [5, 5.41) is 15.9. The highest BCUT2D eigenvalue weighted by molar-refractivity contribution is 5.84. The molecule has 1 fully saturated rings. The number of aromatic carboxylic acids is 1. The zero-order valence-corrected chi connectivity index (χ0v) is 10.9. The molecule has 7 nitrogen and oxygen atoms in total. The van der Waals surface area contributed by atoms with Gasteiger partial charge in [0.1, 0.15) is 0 Å². The fourth-order valence-electron chi connectivity index (χ4n) is 2.28. The number of carboxylic acids is 1. The summed E-state index contributed by atoms with van der Waals surface area (Å²) in [5.41, 5.74) is -0.220. The van der Waals surface area contributed by atoms with Crippen molar-refractivity contribution >= 4 is 11.9 Å². The zero-order valence-electron chi connectivity index (χ0n) is 10.9. The highest BCUT2D eigenvalue weighted by atomic mass is 19.4. The molecule has 0 spiro atoms. The van der Waals surface area contributed by atoms with Gasteiger partial charge in [0.05, 0.1) is 12.2 Å². The van der Waals surface area contributed by atoms with Gasteiger partial charge in [0, 0.05) is 13.1 Å². The van der Waals surface area contributed by atoms with Crippen LogP contribution in [0.5, 0.6) is 0 Å². The molecule has 10 heteroatoms. The lowest BCUT2D eigenvalue weighted by Crippen LogP contribution is -2.41. The van der Waals surface area contributed by atoms with E-state index in [2.05, 4.69) is 10.3 Å². The minimum Gasteiger partial charge on any atom is -0.476 e. The molecule has 1 amide bonds. The Morgan fingerprint density at radius 3 is 2.57 bits per heavy atom. The van der Waals surface area contributed by atoms with E-state index in [4.69, 9.17) is 5.11 Å². The van der Waals surface area contributed by atoms with E-state index in [1.54, 1.807) is 0 Å². The van der Waals surface area contributed by atoms with E-state index in [1.807, 2.05) is 0 Å². The molecule has 1 unspecified atom stereocenters. The van der Waals surface area contributed by atoms with E-state index >= 15 is 0 Å². The average molecular weight is 306 g/mol. The fourth-order valence-corrected chi connectivity index (χ4v) is 2.28. The van der Waals surface area contributed by atoms with Gasteiger partial charge in [-0.1, -0.05) is 5.21 Å². The van der Waals surface area contributed by atoms with Crippen LogP contribution >= 0.6 is 0 Å². The van der Waals surface area contributed by atoms with Crippen LogP contribution in [-0.4, -0.2) is 56.1 Å². The molecule has 0 radical (unpaired) electrons. The average Bonchev–Trinajstić information content (AvgIpc) is 2.76. The fraction of sp³-hybridized carbons (Fsp3) is 0.636. The van der Waals surface area contributed by atoms with Crippen molar-refractivity contribution in [3.63, 3.8) is 0 Å². The van der Waals surface area contributed by atoms with Crippen molar-refractivity contribution in [2.75, 3.05) is 13.1 Å². The van der Waals surface area contributed by atoms with Crippen molar-refractivity contribution < 1.29 is 27.9 Å². The maximum absolute atomic E-state index is 12.4. The molecule has 1 saturated heterocycles. The number of alkyl halides is 3. The molecule has 2 rings (SSSR count). The predicted molar refractivity (Wildman–Crippen MR) is 62.5 cm³/mol. The summed E-state index contributed by atoms with van der Waals surface area (Å²) in [4.78, 5) is 22.7. The number of carboxylic acid groups (broad SMARTS) is 1. The van der Waals surface area contributed by atoms with Gasteiger partial charge in [0.15, 0.2) is 5.69 Å². The first-order valence-corrected chi connectivity index (χ1v) is 6.30. The van der Waals surface area contributed by atoms with Crippen LogP contribution in [0.1, 0.15) is 35.8 Å². The van der Waals surface area contributed by atoms with Crippen LogP contribution in [0, 0.1) is 0 Å². The van der Waals surface area contributed by atoms with Crippen LogP contribution in [0.15, 0.2) is 6.20 Å². The first kappa shape index (κ1) is 15.3. The number of likely N-dealkylation sites (tertiary alicyclic amines) is 1. The van der Waals surface area contributed by atoms with Crippen molar-refractivity contribution in [3.8, 4) is 0 Å². The summed E-state index contributed by atoms with van der Waals surface area (Å²) in [6.07, 6.45) is -2.47. The van der Waals surface area contributed by atoms with Crippen molar-refractivity contribution in [3.05, 3.63) is 11.9 Å². The van der Waals surface area contributed by atoms with Gasteiger partial charge < -0.3 is 10.0 Å². The second-order valence-electron chi connectivity index (χ2n) is 4.76. The minimum atomic E-state index is -4.87. The summed E-state index contributed by atoms with van der Waals surface area (Å²) in [6, 6.07) is -0.267. The van der Waals surface area contributed by atoms with E-state index in [0.29, 0.717) is 12.8 Å². The third-order valence-electron chi connectivity index (χ3n) is 3.33. The Hall–Kier alpha value is -2.13. The molecule has 1 aromatic rings. The van der Waals surface area contributed by atoms with Crippen molar-refractivity contribution in [2.45, 2.75) is 31.5 Å². The van der Waals surface area contributed by atoms with Gasteiger partial charge in [-0.25, -0.2) is 9.48 Å². The Bertz CT molecular complexity index is 543. The SMILES string of the molecule is O=C(O)c1cn(C2CCCN(C(=O)C(F)(F)F)CC2)nn1. The second-order valence-corrected chi connectivity index (χ2v) is 4.76. The lowest BCUT2D eigenvalue weighted by Gasteiger charge is -2.21. The molecule has 1 N–H and O–H groups in total. The summed E-state index contributed by atoms with van der Waals surface area (Å²) in [6.45, 7) is -0.0272. The molecule has 0 bridgehead atoms. The third-order valence-corrected chi connectivity index (χ3v) is 3.33. The van der Waals surface area contributed by atoms with Crippen LogP contribution in [0.2, 0.25) is 0 Å². The van der Waals surface area contributed by atoms with Gasteiger partial charge >= 0.3 is 18.1 Å². The van der Waals surface area contributed by atoms with Crippen LogP contribution in [-0.2, 0) is 4.79 Å². The summed E-state index contributed by atoms with van der Waals surface area (Å²) < 4.78 is 38.5. The number of amides is 1. The number of aromatic nitrogens is 3. The van der Waals surface area contributed by atoms with Crippen molar-refractivity contribution in [2.24, 2.45) is 0 Å². The standard InChI is InChI=1S/C11H13F3N4O3/c12-11(13,14)10(21)17-4-1-2-7(3-5-17)18-6-8(9(19)20)15-16-18/h6-7H,1-5H2,(H,19,20). The van der Waals surface area contributed by atoms with Gasteiger partial charge in [-0.3, -0.25) is 4.79 Å². The van der Waals surface area contributed by atoms with E-state index in [0.717, 1.165) is 4.90 Å². The van der Waals surface area contributed by atoms with E-state index in [-0.39, 0.29) is 31.2 Å². The molecular formula is C11H13F3N4O3. The molecule has 2 heterocycles. The molecule has 1 aliphatic rings. The lowest BCUT2D eigenvalue weighted by molar-refractivity contribution is -0.185. The number of hydrogen-bond donors (Lipinski definition) is 1. The predicted octanol–water partition coefficient (Wildman–Crippen LogP) is 1.09. The summed E-state index contributed by atoms with van der Waals surface area (Å²) in [5.74, 6) is -3.06. The largest absolute Gasteiger partial charge is 0.476 e. The minimum absolute atomic E-state index is 0.0231. The Morgan fingerprint density at radius 1 is 1.29 bits per heavy atom. The summed E-state index contributed by atoms with van der Waals surface area (Å²) in [7, 11) is 0. The van der Waals surface area contributed by atoms with Crippen LogP contribution < -0.4 is 0 Å².